The maximum Gasteiger partial charge on any atom is 0.320 e. The lowest BCUT2D eigenvalue weighted by atomic mass is 9.98. The van der Waals surface area contributed by atoms with Gasteiger partial charge in [0.2, 0.25) is 5.91 Å². The molecule has 6 heteroatoms. The Labute approximate surface area is 101 Å². The Morgan fingerprint density at radius 3 is 2.65 bits per heavy atom. The first-order chi connectivity index (χ1) is 8.09. The first kappa shape index (κ1) is 13.9. The molecular weight excluding hydrogens is 222 g/mol. The molecule has 0 aromatic heterocycles. The summed E-state index contributed by atoms with van der Waals surface area (Å²) in [5.41, 5.74) is 5.32. The number of carboxylic acid groups (broad SMARTS) is 1. The van der Waals surface area contributed by atoms with Crippen LogP contribution in [0.4, 0.5) is 0 Å². The molecule has 17 heavy (non-hydrogen) atoms. The van der Waals surface area contributed by atoms with Gasteiger partial charge in [0.25, 0.3) is 0 Å². The van der Waals surface area contributed by atoms with Crippen LogP contribution in [0.15, 0.2) is 0 Å². The molecule has 5 N–H and O–H groups in total. The summed E-state index contributed by atoms with van der Waals surface area (Å²) in [4.78, 5) is 21.9. The fourth-order valence-corrected chi connectivity index (χ4v) is 1.84. The highest BCUT2D eigenvalue weighted by Crippen LogP contribution is 2.09. The molecule has 6 nitrogen and oxygen atoms in total. The summed E-state index contributed by atoms with van der Waals surface area (Å²) >= 11 is 0. The van der Waals surface area contributed by atoms with E-state index in [0.717, 1.165) is 25.9 Å². The molecule has 1 rings (SSSR count). The Morgan fingerprint density at radius 1 is 1.41 bits per heavy atom. The molecule has 1 saturated heterocycles. The van der Waals surface area contributed by atoms with Gasteiger partial charge in [-0.15, -0.1) is 0 Å². The summed E-state index contributed by atoms with van der Waals surface area (Å²) in [5.74, 6) is -0.635. The number of hydrogen-bond donors (Lipinski definition) is 4. The number of nitrogens with one attached hydrogen (secondary N) is 2. The van der Waals surface area contributed by atoms with Crippen molar-refractivity contribution in [2.75, 3.05) is 19.6 Å². The Balaban J connectivity index is 2.10. The minimum absolute atomic E-state index is 0.111. The fourth-order valence-electron chi connectivity index (χ4n) is 1.84. The standard InChI is InChI=1S/C11H21N3O3/c12-9(11(16)17)1-2-10(15)14-7-8-3-5-13-6-4-8/h8-9,13H,1-7,12H2,(H,14,15)(H,16,17). The van der Waals surface area contributed by atoms with Crippen LogP contribution in [0.5, 0.6) is 0 Å². The minimum atomic E-state index is -1.06. The number of nitrogens with two attached hydrogens (primary N) is 1. The van der Waals surface area contributed by atoms with E-state index in [4.69, 9.17) is 10.8 Å². The molecule has 1 atom stereocenters. The quantitative estimate of drug-likeness (QED) is 0.493. The van der Waals surface area contributed by atoms with Crippen molar-refractivity contribution in [1.29, 1.82) is 0 Å². The first-order valence-corrected chi connectivity index (χ1v) is 6.05. The molecule has 0 radical (unpaired) electrons. The average molecular weight is 243 g/mol. The molecule has 1 heterocycles. The predicted octanol–water partition coefficient (Wildman–Crippen LogP) is -0.706. The number of carboxylic acids is 1. The van der Waals surface area contributed by atoms with Crippen molar-refractivity contribution < 1.29 is 14.7 Å². The number of carbonyl (C=O) groups excluding carboxylic acids is 1. The third-order valence-corrected chi connectivity index (χ3v) is 3.05. The van der Waals surface area contributed by atoms with Crippen LogP contribution >= 0.6 is 0 Å². The lowest BCUT2D eigenvalue weighted by Gasteiger charge is -2.22. The lowest BCUT2D eigenvalue weighted by Crippen LogP contribution is -2.37. The normalized spacial score (nSPS) is 18.6. The van der Waals surface area contributed by atoms with Crippen LogP contribution in [-0.2, 0) is 9.59 Å². The predicted molar refractivity (Wildman–Crippen MR) is 63.4 cm³/mol. The zero-order chi connectivity index (χ0) is 12.7. The van der Waals surface area contributed by atoms with Gasteiger partial charge in [-0.05, 0) is 38.3 Å². The summed E-state index contributed by atoms with van der Waals surface area (Å²) in [5, 5.41) is 14.7. The SMILES string of the molecule is NC(CCC(=O)NCC1CCNCC1)C(=O)O. The molecule has 0 bridgehead atoms. The van der Waals surface area contributed by atoms with E-state index in [-0.39, 0.29) is 18.7 Å². The Kier molecular flexibility index (Phi) is 5.93. The highest BCUT2D eigenvalue weighted by Gasteiger charge is 2.16. The Bertz CT molecular complexity index is 265. The van der Waals surface area contributed by atoms with Crippen LogP contribution in [0, 0.1) is 5.92 Å². The Morgan fingerprint density at radius 2 is 2.06 bits per heavy atom. The van der Waals surface area contributed by atoms with Gasteiger partial charge in [-0.2, -0.15) is 0 Å². The largest absolute Gasteiger partial charge is 0.480 e. The van der Waals surface area contributed by atoms with Crippen LogP contribution in [0.2, 0.25) is 0 Å². The molecule has 0 aliphatic carbocycles. The van der Waals surface area contributed by atoms with E-state index >= 15 is 0 Å². The molecule has 1 aliphatic rings. The van der Waals surface area contributed by atoms with Gasteiger partial charge in [-0.1, -0.05) is 0 Å². The van der Waals surface area contributed by atoms with E-state index in [0.29, 0.717) is 12.5 Å². The summed E-state index contributed by atoms with van der Waals surface area (Å²) in [6.45, 7) is 2.69. The van der Waals surface area contributed by atoms with Crippen LogP contribution < -0.4 is 16.4 Å². The Hall–Kier alpha value is -1.14. The van der Waals surface area contributed by atoms with Crippen LogP contribution in [0.3, 0.4) is 0 Å². The zero-order valence-electron chi connectivity index (χ0n) is 9.95. The molecule has 1 unspecified atom stereocenters. The third-order valence-electron chi connectivity index (χ3n) is 3.05. The average Bonchev–Trinajstić information content (AvgIpc) is 2.34. The summed E-state index contributed by atoms with van der Waals surface area (Å²) in [7, 11) is 0. The van der Waals surface area contributed by atoms with Crippen molar-refractivity contribution in [2.45, 2.75) is 31.7 Å². The minimum Gasteiger partial charge on any atom is -0.480 e. The number of piperidine rings is 1. The molecule has 0 spiro atoms. The molecule has 0 aromatic carbocycles. The molecule has 1 aliphatic heterocycles. The van der Waals surface area contributed by atoms with Crippen molar-refractivity contribution in [3.63, 3.8) is 0 Å². The number of carbonyl (C=O) groups is 2. The molecular formula is C11H21N3O3. The zero-order valence-corrected chi connectivity index (χ0v) is 9.95. The smallest absolute Gasteiger partial charge is 0.320 e. The van der Waals surface area contributed by atoms with Crippen LogP contribution in [0.25, 0.3) is 0 Å². The van der Waals surface area contributed by atoms with E-state index in [2.05, 4.69) is 10.6 Å². The van der Waals surface area contributed by atoms with Gasteiger partial charge < -0.3 is 21.5 Å². The molecule has 0 aromatic rings. The monoisotopic (exact) mass is 243 g/mol. The van der Waals surface area contributed by atoms with Crippen molar-refractivity contribution in [3.05, 3.63) is 0 Å². The van der Waals surface area contributed by atoms with Crippen molar-refractivity contribution in [2.24, 2.45) is 11.7 Å². The number of aliphatic carboxylic acids is 1. The van der Waals surface area contributed by atoms with E-state index in [1.807, 2.05) is 0 Å². The maximum absolute atomic E-state index is 11.4. The highest BCUT2D eigenvalue weighted by molar-refractivity contribution is 5.78. The van der Waals surface area contributed by atoms with Crippen molar-refractivity contribution in [1.82, 2.24) is 10.6 Å². The van der Waals surface area contributed by atoms with Gasteiger partial charge in [0.15, 0.2) is 0 Å². The van der Waals surface area contributed by atoms with E-state index in [9.17, 15) is 9.59 Å². The maximum atomic E-state index is 11.4. The van der Waals surface area contributed by atoms with Gasteiger partial charge >= 0.3 is 5.97 Å². The van der Waals surface area contributed by atoms with Gasteiger partial charge in [0.1, 0.15) is 6.04 Å². The number of hydrogen-bond acceptors (Lipinski definition) is 4. The topological polar surface area (TPSA) is 104 Å². The third kappa shape index (κ3) is 5.65. The number of rotatable bonds is 6. The van der Waals surface area contributed by atoms with Crippen LogP contribution in [-0.4, -0.2) is 42.7 Å². The summed E-state index contributed by atoms with van der Waals surface area (Å²) < 4.78 is 0. The van der Waals surface area contributed by atoms with Gasteiger partial charge in [0, 0.05) is 13.0 Å². The highest BCUT2D eigenvalue weighted by atomic mass is 16.4. The van der Waals surface area contributed by atoms with E-state index < -0.39 is 12.0 Å². The van der Waals surface area contributed by atoms with E-state index in [1.165, 1.54) is 0 Å². The van der Waals surface area contributed by atoms with Gasteiger partial charge in [-0.3, -0.25) is 9.59 Å². The first-order valence-electron chi connectivity index (χ1n) is 6.05. The van der Waals surface area contributed by atoms with Crippen molar-refractivity contribution >= 4 is 11.9 Å². The summed E-state index contributed by atoms with van der Waals surface area (Å²) in [6.07, 6.45) is 2.52. The van der Waals surface area contributed by atoms with Gasteiger partial charge in [0.05, 0.1) is 0 Å². The second kappa shape index (κ2) is 7.24. The summed E-state index contributed by atoms with van der Waals surface area (Å²) in [6, 6.07) is -0.945. The molecule has 98 valence electrons. The lowest BCUT2D eigenvalue weighted by molar-refractivity contribution is -0.138. The molecule has 1 amide bonds. The second-order valence-corrected chi connectivity index (χ2v) is 4.48. The second-order valence-electron chi connectivity index (χ2n) is 4.48. The number of amides is 1. The van der Waals surface area contributed by atoms with Gasteiger partial charge in [-0.25, -0.2) is 0 Å². The fraction of sp³-hybridized carbons (Fsp3) is 0.818. The van der Waals surface area contributed by atoms with Crippen molar-refractivity contribution in [3.8, 4) is 0 Å². The molecule has 1 fully saturated rings. The van der Waals surface area contributed by atoms with E-state index in [1.54, 1.807) is 0 Å². The molecule has 0 saturated carbocycles. The van der Waals surface area contributed by atoms with Crippen LogP contribution in [0.1, 0.15) is 25.7 Å².